The summed E-state index contributed by atoms with van der Waals surface area (Å²) in [5, 5.41) is 0. The molecule has 0 spiro atoms. The Kier molecular flexibility index (Phi) is 3.30. The van der Waals surface area contributed by atoms with Crippen molar-refractivity contribution in [2.45, 2.75) is 4.90 Å². The molecule has 0 fully saturated rings. The van der Waals surface area contributed by atoms with Crippen molar-refractivity contribution in [3.63, 3.8) is 0 Å². The van der Waals surface area contributed by atoms with E-state index < -0.39 is 9.73 Å². The lowest BCUT2D eigenvalue weighted by Crippen LogP contribution is -2.02. The normalized spacial score (nSPS) is 14.4. The van der Waals surface area contributed by atoms with E-state index in [-0.39, 0.29) is 5.75 Å². The largest absolute Gasteiger partial charge is 0.497 e. The van der Waals surface area contributed by atoms with Gasteiger partial charge in [-0.15, -0.1) is 6.58 Å². The van der Waals surface area contributed by atoms with Gasteiger partial charge in [0.05, 0.1) is 22.6 Å². The van der Waals surface area contributed by atoms with Gasteiger partial charge in [-0.3, -0.25) is 0 Å². The van der Waals surface area contributed by atoms with Gasteiger partial charge in [0.1, 0.15) is 5.75 Å². The summed E-state index contributed by atoms with van der Waals surface area (Å²) in [6, 6.07) is 6.70. The topological polar surface area (TPSA) is 50.2 Å². The van der Waals surface area contributed by atoms with Crippen LogP contribution in [0.2, 0.25) is 0 Å². The molecule has 1 N–H and O–H groups in total. The van der Waals surface area contributed by atoms with Crippen molar-refractivity contribution in [2.24, 2.45) is 0 Å². The molecule has 0 saturated carbocycles. The molecule has 0 aliphatic carbocycles. The first-order chi connectivity index (χ1) is 6.60. The van der Waals surface area contributed by atoms with Gasteiger partial charge >= 0.3 is 0 Å². The van der Waals surface area contributed by atoms with E-state index in [0.29, 0.717) is 10.6 Å². The van der Waals surface area contributed by atoms with Crippen molar-refractivity contribution in [3.8, 4) is 5.75 Å². The number of rotatable bonds is 4. The average Bonchev–Trinajstić information content (AvgIpc) is 2.18. The number of benzene rings is 1. The van der Waals surface area contributed by atoms with Gasteiger partial charge in [-0.05, 0) is 24.3 Å². The van der Waals surface area contributed by atoms with E-state index >= 15 is 0 Å². The van der Waals surface area contributed by atoms with Crippen LogP contribution in [0.15, 0.2) is 41.8 Å². The lowest BCUT2D eigenvalue weighted by molar-refractivity contribution is 0.414. The van der Waals surface area contributed by atoms with E-state index in [2.05, 4.69) is 6.58 Å². The molecule has 0 aliphatic rings. The zero-order valence-electron chi connectivity index (χ0n) is 8.03. The number of methoxy groups -OCH3 is 1. The van der Waals surface area contributed by atoms with Crippen LogP contribution in [0.1, 0.15) is 0 Å². The first-order valence-electron chi connectivity index (χ1n) is 4.11. The predicted molar refractivity (Wildman–Crippen MR) is 57.2 cm³/mol. The summed E-state index contributed by atoms with van der Waals surface area (Å²) in [6.45, 7) is 3.48. The van der Waals surface area contributed by atoms with Crippen molar-refractivity contribution >= 4 is 9.73 Å². The number of hydrogen-bond acceptors (Lipinski definition) is 3. The molecular formula is C10H13NO2S. The Morgan fingerprint density at radius 3 is 2.50 bits per heavy atom. The Labute approximate surface area is 84.4 Å². The minimum atomic E-state index is -2.71. The number of nitrogens with one attached hydrogen (secondary N) is 1. The van der Waals surface area contributed by atoms with Crippen molar-refractivity contribution < 1.29 is 8.95 Å². The van der Waals surface area contributed by atoms with Crippen LogP contribution in [0.3, 0.4) is 0 Å². The highest BCUT2D eigenvalue weighted by atomic mass is 32.2. The summed E-state index contributed by atoms with van der Waals surface area (Å²) in [5.74, 6) is 0.877. The van der Waals surface area contributed by atoms with Crippen molar-refractivity contribution in [1.82, 2.24) is 0 Å². The van der Waals surface area contributed by atoms with Crippen LogP contribution in [0.25, 0.3) is 0 Å². The van der Waals surface area contributed by atoms with Crippen molar-refractivity contribution in [2.75, 3.05) is 12.9 Å². The van der Waals surface area contributed by atoms with Crippen LogP contribution in [-0.4, -0.2) is 17.1 Å². The minimum absolute atomic E-state index is 0.180. The summed E-state index contributed by atoms with van der Waals surface area (Å²) < 4.78 is 24.3. The highest BCUT2D eigenvalue weighted by Crippen LogP contribution is 2.17. The van der Waals surface area contributed by atoms with Gasteiger partial charge < -0.3 is 4.74 Å². The van der Waals surface area contributed by atoms with E-state index in [9.17, 15) is 4.21 Å². The van der Waals surface area contributed by atoms with E-state index in [0.717, 1.165) is 0 Å². The zero-order valence-corrected chi connectivity index (χ0v) is 8.84. The van der Waals surface area contributed by atoms with Gasteiger partial charge in [0.15, 0.2) is 0 Å². The molecule has 0 heterocycles. The van der Waals surface area contributed by atoms with E-state index in [4.69, 9.17) is 9.52 Å². The fraction of sp³-hybridized carbons (Fsp3) is 0.200. The second-order valence-corrected chi connectivity index (χ2v) is 4.96. The molecule has 1 aromatic rings. The van der Waals surface area contributed by atoms with Gasteiger partial charge in [0.2, 0.25) is 0 Å². The smallest absolute Gasteiger partial charge is 0.118 e. The Hall–Kier alpha value is -1.29. The summed E-state index contributed by atoms with van der Waals surface area (Å²) in [6.07, 6.45) is 1.50. The molecule has 0 aliphatic heterocycles. The quantitative estimate of drug-likeness (QED) is 0.777. The third kappa shape index (κ3) is 2.35. The molecule has 0 radical (unpaired) electrons. The maximum Gasteiger partial charge on any atom is 0.118 e. The maximum atomic E-state index is 11.7. The molecule has 0 bridgehead atoms. The molecule has 1 atom stereocenters. The first kappa shape index (κ1) is 10.8. The van der Waals surface area contributed by atoms with Gasteiger partial charge in [-0.1, -0.05) is 6.08 Å². The zero-order chi connectivity index (χ0) is 10.6. The Balaban J connectivity index is 3.03. The van der Waals surface area contributed by atoms with Crippen LogP contribution in [0, 0.1) is 4.78 Å². The van der Waals surface area contributed by atoms with Gasteiger partial charge in [-0.2, -0.15) is 0 Å². The van der Waals surface area contributed by atoms with Gasteiger partial charge in [0, 0.05) is 4.90 Å². The van der Waals surface area contributed by atoms with E-state index in [1.54, 1.807) is 31.4 Å². The van der Waals surface area contributed by atoms with Crippen LogP contribution in [0.4, 0.5) is 0 Å². The van der Waals surface area contributed by atoms with Gasteiger partial charge in [0.25, 0.3) is 0 Å². The minimum Gasteiger partial charge on any atom is -0.497 e. The Morgan fingerprint density at radius 1 is 1.50 bits per heavy atom. The monoisotopic (exact) mass is 211 g/mol. The first-order valence-corrected chi connectivity index (χ1v) is 5.84. The van der Waals surface area contributed by atoms with Crippen LogP contribution in [0.5, 0.6) is 5.75 Å². The van der Waals surface area contributed by atoms with E-state index in [1.165, 1.54) is 6.08 Å². The molecule has 4 heteroatoms. The Bertz CT molecular complexity index is 406. The molecular weight excluding hydrogens is 198 g/mol. The number of hydrogen-bond donors (Lipinski definition) is 1. The molecule has 3 nitrogen and oxygen atoms in total. The molecule has 0 saturated heterocycles. The van der Waals surface area contributed by atoms with Crippen molar-refractivity contribution in [1.29, 1.82) is 4.78 Å². The van der Waals surface area contributed by atoms with Crippen molar-refractivity contribution in [3.05, 3.63) is 36.9 Å². The molecule has 0 aromatic heterocycles. The van der Waals surface area contributed by atoms with Crippen LogP contribution in [-0.2, 0) is 9.73 Å². The number of ether oxygens (including phenoxy) is 1. The fourth-order valence-corrected chi connectivity index (χ4v) is 2.16. The maximum absolute atomic E-state index is 11.7. The summed E-state index contributed by atoms with van der Waals surface area (Å²) in [4.78, 5) is 0.512. The molecule has 0 amide bonds. The van der Waals surface area contributed by atoms with E-state index in [1.807, 2.05) is 0 Å². The standard InChI is InChI=1S/C10H13NO2S/c1-3-8-14(11,12)10-6-4-9(13-2)5-7-10/h3-7,11H,1,8H2,2H3. The van der Waals surface area contributed by atoms with Crippen LogP contribution >= 0.6 is 0 Å². The second-order valence-electron chi connectivity index (χ2n) is 2.81. The predicted octanol–water partition coefficient (Wildman–Crippen LogP) is 2.29. The molecule has 76 valence electrons. The average molecular weight is 211 g/mol. The highest BCUT2D eigenvalue weighted by Gasteiger charge is 2.07. The SMILES string of the molecule is C=CCS(=N)(=O)c1ccc(OC)cc1. The lowest BCUT2D eigenvalue weighted by atomic mass is 10.3. The highest BCUT2D eigenvalue weighted by molar-refractivity contribution is 7.92. The summed E-state index contributed by atoms with van der Waals surface area (Å²) >= 11 is 0. The van der Waals surface area contributed by atoms with Crippen LogP contribution < -0.4 is 4.74 Å². The third-order valence-corrected chi connectivity index (χ3v) is 3.53. The molecule has 14 heavy (non-hydrogen) atoms. The third-order valence-electron chi connectivity index (χ3n) is 1.79. The fourth-order valence-electron chi connectivity index (χ4n) is 1.06. The summed E-state index contributed by atoms with van der Waals surface area (Å²) in [7, 11) is -1.14. The van der Waals surface area contributed by atoms with Gasteiger partial charge in [-0.25, -0.2) is 8.99 Å². The molecule has 1 aromatic carbocycles. The lowest BCUT2D eigenvalue weighted by Gasteiger charge is -2.05. The molecule has 1 rings (SSSR count). The molecule has 1 unspecified atom stereocenters. The Morgan fingerprint density at radius 2 is 2.07 bits per heavy atom. The second kappa shape index (κ2) is 4.28. The summed E-state index contributed by atoms with van der Waals surface area (Å²) in [5.41, 5.74) is 0.